The van der Waals surface area contributed by atoms with Crippen molar-refractivity contribution >= 4 is 11.4 Å². The van der Waals surface area contributed by atoms with E-state index in [0.717, 1.165) is 12.8 Å². The highest BCUT2D eigenvalue weighted by atomic mass is 32.2. The van der Waals surface area contributed by atoms with E-state index < -0.39 is 11.4 Å². The first kappa shape index (κ1) is 14.6. The molecule has 15 heavy (non-hydrogen) atoms. The van der Waals surface area contributed by atoms with Crippen molar-refractivity contribution in [2.24, 2.45) is 0 Å². The van der Waals surface area contributed by atoms with Crippen molar-refractivity contribution in [1.29, 1.82) is 0 Å². The monoisotopic (exact) mass is 234 g/mol. The normalized spacial score (nSPS) is 13.2. The maximum atomic E-state index is 10.1. The van der Waals surface area contributed by atoms with E-state index in [1.165, 1.54) is 44.8 Å². The molecule has 0 heterocycles. The van der Waals surface area contributed by atoms with E-state index in [2.05, 4.69) is 11.1 Å². The lowest BCUT2D eigenvalue weighted by Crippen LogP contribution is -1.85. The molecular weight excluding hydrogens is 212 g/mol. The predicted molar refractivity (Wildman–Crippen MR) is 63.6 cm³/mol. The number of hydrogen-bond acceptors (Lipinski definition) is 2. The van der Waals surface area contributed by atoms with Crippen LogP contribution in [0.2, 0.25) is 0 Å². The third-order valence-corrected chi connectivity index (χ3v) is 2.48. The zero-order chi connectivity index (χ0) is 11.4. The Morgan fingerprint density at radius 1 is 1.13 bits per heavy atom. The molecule has 90 valence electrons. The number of hydrogen-bond donors (Lipinski definition) is 1. The molecule has 0 saturated heterocycles. The second kappa shape index (κ2) is 11.7. The summed E-state index contributed by atoms with van der Waals surface area (Å²) < 4.78 is 22.7. The van der Waals surface area contributed by atoms with Crippen LogP contribution in [-0.4, -0.2) is 8.76 Å². The van der Waals surface area contributed by atoms with Gasteiger partial charge in [-0.1, -0.05) is 45.4 Å². The highest BCUT2D eigenvalue weighted by molar-refractivity contribution is 7.74. The minimum Gasteiger partial charge on any atom is -0.388 e. The minimum atomic E-state index is -2.17. The van der Waals surface area contributed by atoms with Crippen LogP contribution in [-0.2, 0) is 15.5 Å². The summed E-state index contributed by atoms with van der Waals surface area (Å²) in [5, 5.41) is 0. The van der Waals surface area contributed by atoms with Crippen molar-refractivity contribution in [2.45, 2.75) is 58.3 Å². The van der Waals surface area contributed by atoms with E-state index in [1.807, 2.05) is 0 Å². The molecule has 0 amide bonds. The van der Waals surface area contributed by atoms with Crippen LogP contribution in [0.1, 0.15) is 58.3 Å². The Morgan fingerprint density at radius 3 is 2.33 bits per heavy atom. The van der Waals surface area contributed by atoms with Gasteiger partial charge in [0.25, 0.3) is 0 Å². The molecule has 3 nitrogen and oxygen atoms in total. The third-order valence-electron chi connectivity index (χ3n) is 2.21. The second-order valence-corrected chi connectivity index (χ2v) is 4.22. The molecule has 4 heteroatoms. The van der Waals surface area contributed by atoms with E-state index in [9.17, 15) is 4.21 Å². The Morgan fingerprint density at radius 2 is 1.73 bits per heavy atom. The van der Waals surface area contributed by atoms with E-state index in [-0.39, 0.29) is 0 Å². The fourth-order valence-corrected chi connectivity index (χ4v) is 1.55. The van der Waals surface area contributed by atoms with Crippen molar-refractivity contribution in [3.8, 4) is 0 Å². The molecule has 1 unspecified atom stereocenters. The third kappa shape index (κ3) is 13.7. The summed E-state index contributed by atoms with van der Waals surface area (Å²) in [4.78, 5) is 0. The molecule has 0 aliphatic rings. The lowest BCUT2D eigenvalue weighted by Gasteiger charge is -1.98. The molecule has 0 radical (unpaired) electrons. The van der Waals surface area contributed by atoms with E-state index in [0.29, 0.717) is 0 Å². The van der Waals surface area contributed by atoms with Crippen molar-refractivity contribution in [1.82, 2.24) is 0 Å². The Labute approximate surface area is 95.4 Å². The number of rotatable bonds is 10. The smallest absolute Gasteiger partial charge is 0.356 e. The fraction of sp³-hybridized carbons (Fsp3) is 0.818. The summed E-state index contributed by atoms with van der Waals surface area (Å²) in [7, 11) is 0. The average molecular weight is 234 g/mol. The molecule has 0 bridgehead atoms. The molecule has 0 aliphatic heterocycles. The number of unbranched alkanes of at least 4 members (excludes halogenated alkanes) is 7. The van der Waals surface area contributed by atoms with Gasteiger partial charge in [-0.15, -0.1) is 0 Å². The molecular formula is C11H22O3S. The van der Waals surface area contributed by atoms with Gasteiger partial charge in [0.1, 0.15) is 6.26 Å². The van der Waals surface area contributed by atoms with Gasteiger partial charge < -0.3 is 4.18 Å². The molecule has 1 atom stereocenters. The number of allylic oxidation sites excluding steroid dienone is 1. The fourth-order valence-electron chi connectivity index (χ4n) is 1.37. The zero-order valence-corrected chi connectivity index (χ0v) is 10.3. The molecule has 0 saturated carbocycles. The highest BCUT2D eigenvalue weighted by Crippen LogP contribution is 2.08. The summed E-state index contributed by atoms with van der Waals surface area (Å²) in [6.07, 6.45) is 13.0. The van der Waals surface area contributed by atoms with Gasteiger partial charge >= 0.3 is 11.4 Å². The second-order valence-electron chi connectivity index (χ2n) is 3.60. The van der Waals surface area contributed by atoms with Gasteiger partial charge in [-0.2, -0.15) is 4.21 Å². The molecule has 0 aliphatic carbocycles. The van der Waals surface area contributed by atoms with E-state index >= 15 is 0 Å². The van der Waals surface area contributed by atoms with E-state index in [4.69, 9.17) is 4.55 Å². The van der Waals surface area contributed by atoms with Crippen molar-refractivity contribution in [2.75, 3.05) is 0 Å². The molecule has 0 aromatic heterocycles. The molecule has 1 N–H and O–H groups in total. The van der Waals surface area contributed by atoms with Crippen LogP contribution in [0, 0.1) is 0 Å². The Kier molecular flexibility index (Phi) is 11.4. The largest absolute Gasteiger partial charge is 0.388 e. The highest BCUT2D eigenvalue weighted by Gasteiger charge is 1.89. The maximum Gasteiger partial charge on any atom is 0.356 e. The van der Waals surface area contributed by atoms with Crippen molar-refractivity contribution in [3.05, 3.63) is 12.3 Å². The van der Waals surface area contributed by atoms with Gasteiger partial charge in [0.05, 0.1) is 0 Å². The molecule has 0 aromatic carbocycles. The van der Waals surface area contributed by atoms with Crippen LogP contribution >= 0.6 is 0 Å². The SMILES string of the molecule is CCCCCCCCCC=COS(=O)O. The van der Waals surface area contributed by atoms with E-state index in [1.54, 1.807) is 6.08 Å². The lowest BCUT2D eigenvalue weighted by molar-refractivity contribution is 0.418. The Balaban J connectivity index is 3.04. The standard InChI is InChI=1S/C11H22O3S/c1-2-3-4-5-6-7-8-9-10-11-14-15(12)13/h10-11H,2-9H2,1H3,(H,12,13). The van der Waals surface area contributed by atoms with Crippen LogP contribution < -0.4 is 0 Å². The summed E-state index contributed by atoms with van der Waals surface area (Å²) in [6.45, 7) is 2.22. The van der Waals surface area contributed by atoms with Gasteiger partial charge in [0.15, 0.2) is 0 Å². The molecule has 0 spiro atoms. The van der Waals surface area contributed by atoms with Crippen LogP contribution in [0.3, 0.4) is 0 Å². The molecule has 0 aromatic rings. The summed E-state index contributed by atoms with van der Waals surface area (Å²) in [6, 6.07) is 0. The van der Waals surface area contributed by atoms with Gasteiger partial charge in [-0.05, 0) is 18.9 Å². The molecule has 0 rings (SSSR count). The van der Waals surface area contributed by atoms with Crippen molar-refractivity contribution < 1.29 is 12.9 Å². The van der Waals surface area contributed by atoms with Gasteiger partial charge in [0.2, 0.25) is 0 Å². The van der Waals surface area contributed by atoms with Gasteiger partial charge in [-0.25, -0.2) is 0 Å². The van der Waals surface area contributed by atoms with Gasteiger partial charge in [-0.3, -0.25) is 4.55 Å². The Bertz CT molecular complexity index is 181. The first-order chi connectivity index (χ1) is 7.27. The first-order valence-corrected chi connectivity index (χ1v) is 6.73. The van der Waals surface area contributed by atoms with Crippen LogP contribution in [0.15, 0.2) is 12.3 Å². The Hall–Kier alpha value is -0.350. The van der Waals surface area contributed by atoms with Crippen LogP contribution in [0.5, 0.6) is 0 Å². The summed E-state index contributed by atoms with van der Waals surface area (Å²) >= 11 is -2.17. The quantitative estimate of drug-likeness (QED) is 0.355. The zero-order valence-electron chi connectivity index (χ0n) is 9.48. The predicted octanol–water partition coefficient (Wildman–Crippen LogP) is 3.79. The van der Waals surface area contributed by atoms with Crippen LogP contribution in [0.25, 0.3) is 0 Å². The van der Waals surface area contributed by atoms with Crippen molar-refractivity contribution in [3.63, 3.8) is 0 Å². The average Bonchev–Trinajstić information content (AvgIpc) is 2.20. The first-order valence-electron chi connectivity index (χ1n) is 5.70. The topological polar surface area (TPSA) is 46.5 Å². The summed E-state index contributed by atoms with van der Waals surface area (Å²) in [5.74, 6) is 0. The maximum absolute atomic E-state index is 10.1. The van der Waals surface area contributed by atoms with Gasteiger partial charge in [0, 0.05) is 0 Å². The minimum absolute atomic E-state index is 0.922. The lowest BCUT2D eigenvalue weighted by atomic mass is 10.1. The molecule has 0 fully saturated rings. The summed E-state index contributed by atoms with van der Waals surface area (Å²) in [5.41, 5.74) is 0. The van der Waals surface area contributed by atoms with Crippen LogP contribution in [0.4, 0.5) is 0 Å².